The molecule has 2 fully saturated rings. The van der Waals surface area contributed by atoms with Crippen molar-refractivity contribution in [1.82, 2.24) is 10.2 Å². The van der Waals surface area contributed by atoms with Crippen LogP contribution >= 0.6 is 0 Å². The van der Waals surface area contributed by atoms with E-state index in [1.54, 1.807) is 4.90 Å². The largest absolute Gasteiger partial charge is 0.480 e. The molecule has 2 rings (SSSR count). The van der Waals surface area contributed by atoms with Crippen LogP contribution in [0, 0.1) is 5.92 Å². The molecule has 2 amide bonds. The summed E-state index contributed by atoms with van der Waals surface area (Å²) in [5.41, 5.74) is 0. The summed E-state index contributed by atoms with van der Waals surface area (Å²) in [7, 11) is 0. The molecular formula is C12H20N2O3. The number of rotatable bonds is 2. The van der Waals surface area contributed by atoms with Gasteiger partial charge in [-0.1, -0.05) is 12.8 Å². The summed E-state index contributed by atoms with van der Waals surface area (Å²) < 4.78 is 0. The Labute approximate surface area is 101 Å². The summed E-state index contributed by atoms with van der Waals surface area (Å²) in [6.45, 7) is 2.39. The van der Waals surface area contributed by atoms with Gasteiger partial charge in [0.25, 0.3) is 0 Å². The minimum atomic E-state index is -0.870. The predicted molar refractivity (Wildman–Crippen MR) is 62.7 cm³/mol. The average Bonchev–Trinajstić information content (AvgIpc) is 2.68. The number of carboxylic acids is 1. The Hall–Kier alpha value is -1.26. The maximum atomic E-state index is 12.0. The summed E-state index contributed by atoms with van der Waals surface area (Å²) in [6, 6.07) is -0.708. The van der Waals surface area contributed by atoms with Crippen LogP contribution in [-0.4, -0.2) is 40.6 Å². The number of carbonyl (C=O) groups is 2. The molecule has 17 heavy (non-hydrogen) atoms. The Bertz CT molecular complexity index is 319. The molecule has 1 aliphatic heterocycles. The Morgan fingerprint density at radius 1 is 1.35 bits per heavy atom. The van der Waals surface area contributed by atoms with Crippen molar-refractivity contribution in [1.29, 1.82) is 0 Å². The second-order valence-corrected chi connectivity index (χ2v) is 4.94. The van der Waals surface area contributed by atoms with Crippen molar-refractivity contribution in [3.8, 4) is 0 Å². The van der Waals surface area contributed by atoms with Crippen molar-refractivity contribution in [2.45, 2.75) is 51.1 Å². The normalized spacial score (nSPS) is 32.1. The number of urea groups is 1. The number of nitrogens with zero attached hydrogens (tertiary/aromatic N) is 1. The van der Waals surface area contributed by atoms with Gasteiger partial charge in [0.1, 0.15) is 6.04 Å². The number of amides is 2. The maximum absolute atomic E-state index is 12.0. The first kappa shape index (κ1) is 12.2. The fourth-order valence-electron chi connectivity index (χ4n) is 3.22. The number of carboxylic acid groups (broad SMARTS) is 1. The highest BCUT2D eigenvalue weighted by Crippen LogP contribution is 2.39. The number of nitrogens with one attached hydrogen (secondary N) is 1. The van der Waals surface area contributed by atoms with E-state index >= 15 is 0 Å². The molecule has 1 saturated carbocycles. The monoisotopic (exact) mass is 240 g/mol. The smallest absolute Gasteiger partial charge is 0.326 e. The number of likely N-dealkylation sites (tertiary alicyclic amines) is 1. The third-order valence-corrected chi connectivity index (χ3v) is 3.94. The zero-order valence-corrected chi connectivity index (χ0v) is 10.2. The van der Waals surface area contributed by atoms with Crippen LogP contribution in [0.5, 0.6) is 0 Å². The van der Waals surface area contributed by atoms with Gasteiger partial charge >= 0.3 is 12.0 Å². The fraction of sp³-hybridized carbons (Fsp3) is 0.833. The average molecular weight is 240 g/mol. The highest BCUT2D eigenvalue weighted by Gasteiger charge is 2.47. The lowest BCUT2D eigenvalue weighted by molar-refractivity contribution is -0.141. The van der Waals surface area contributed by atoms with Gasteiger partial charge < -0.3 is 15.3 Å². The quantitative estimate of drug-likeness (QED) is 0.767. The van der Waals surface area contributed by atoms with Crippen LogP contribution in [0.25, 0.3) is 0 Å². The van der Waals surface area contributed by atoms with Gasteiger partial charge in [0, 0.05) is 12.6 Å². The number of aliphatic carboxylic acids is 1. The molecule has 0 unspecified atom stereocenters. The highest BCUT2D eigenvalue weighted by molar-refractivity contribution is 5.83. The molecule has 5 nitrogen and oxygen atoms in total. The summed E-state index contributed by atoms with van der Waals surface area (Å²) in [5.74, 6) is -0.488. The standard InChI is InChI=1S/C12H20N2O3/c1-2-13-12(17)14-9-6-4-3-5-8(9)7-10(14)11(15)16/h8-10H,2-7H2,1H3,(H,13,17)(H,15,16)/t8-,9+,10-/m1/s1. The van der Waals surface area contributed by atoms with Crippen molar-refractivity contribution in [2.75, 3.05) is 6.54 Å². The van der Waals surface area contributed by atoms with Gasteiger partial charge in [-0.15, -0.1) is 0 Å². The molecule has 2 aliphatic rings. The molecular weight excluding hydrogens is 220 g/mol. The van der Waals surface area contributed by atoms with Crippen molar-refractivity contribution in [3.63, 3.8) is 0 Å². The molecule has 0 aromatic heterocycles. The first-order chi connectivity index (χ1) is 8.15. The zero-order chi connectivity index (χ0) is 12.4. The van der Waals surface area contributed by atoms with Crippen molar-refractivity contribution >= 4 is 12.0 Å². The highest BCUT2D eigenvalue weighted by atomic mass is 16.4. The van der Waals surface area contributed by atoms with Crippen LogP contribution in [0.15, 0.2) is 0 Å². The molecule has 1 heterocycles. The van der Waals surface area contributed by atoms with E-state index < -0.39 is 12.0 Å². The molecule has 1 saturated heterocycles. The molecule has 1 aliphatic carbocycles. The number of fused-ring (bicyclic) bond motifs is 1. The number of carbonyl (C=O) groups excluding carboxylic acids is 1. The van der Waals surface area contributed by atoms with Gasteiger partial charge in [0.2, 0.25) is 0 Å². The van der Waals surface area contributed by atoms with E-state index in [1.807, 2.05) is 6.92 Å². The third kappa shape index (κ3) is 2.23. The topological polar surface area (TPSA) is 69.6 Å². The predicted octanol–water partition coefficient (Wildman–Crippen LogP) is 1.43. The SMILES string of the molecule is CCNC(=O)N1[C@@H](C(=O)O)C[C@H]2CCCC[C@@H]21. The van der Waals surface area contributed by atoms with E-state index in [2.05, 4.69) is 5.32 Å². The minimum Gasteiger partial charge on any atom is -0.480 e. The Morgan fingerprint density at radius 3 is 2.71 bits per heavy atom. The molecule has 2 N–H and O–H groups in total. The van der Waals surface area contributed by atoms with E-state index in [0.29, 0.717) is 18.9 Å². The molecule has 0 spiro atoms. The van der Waals surface area contributed by atoms with Gasteiger partial charge in [-0.2, -0.15) is 0 Å². The zero-order valence-electron chi connectivity index (χ0n) is 10.2. The Balaban J connectivity index is 2.17. The lowest BCUT2D eigenvalue weighted by Crippen LogP contribution is -2.50. The first-order valence-corrected chi connectivity index (χ1v) is 6.44. The van der Waals surface area contributed by atoms with Crippen LogP contribution in [0.4, 0.5) is 4.79 Å². The van der Waals surface area contributed by atoms with Crippen LogP contribution < -0.4 is 5.32 Å². The van der Waals surface area contributed by atoms with Gasteiger partial charge in [0.15, 0.2) is 0 Å². The first-order valence-electron chi connectivity index (χ1n) is 6.44. The second kappa shape index (κ2) is 4.94. The van der Waals surface area contributed by atoms with Crippen LogP contribution in [-0.2, 0) is 4.79 Å². The number of hydrogen-bond acceptors (Lipinski definition) is 2. The Kier molecular flexibility index (Phi) is 3.54. The van der Waals surface area contributed by atoms with E-state index in [9.17, 15) is 14.7 Å². The summed E-state index contributed by atoms with van der Waals surface area (Å²) in [6.07, 6.45) is 4.90. The van der Waals surface area contributed by atoms with Crippen molar-refractivity contribution in [2.24, 2.45) is 5.92 Å². The third-order valence-electron chi connectivity index (χ3n) is 3.94. The molecule has 3 atom stereocenters. The van der Waals surface area contributed by atoms with Gasteiger partial charge in [-0.05, 0) is 32.1 Å². The summed E-state index contributed by atoms with van der Waals surface area (Å²) >= 11 is 0. The summed E-state index contributed by atoms with van der Waals surface area (Å²) in [5, 5.41) is 12.0. The minimum absolute atomic E-state index is 0.136. The van der Waals surface area contributed by atoms with Crippen LogP contribution in [0.1, 0.15) is 39.0 Å². The molecule has 0 aromatic carbocycles. The van der Waals surface area contributed by atoms with Gasteiger partial charge in [-0.25, -0.2) is 9.59 Å². The van der Waals surface area contributed by atoms with Crippen LogP contribution in [0.2, 0.25) is 0 Å². The van der Waals surface area contributed by atoms with Gasteiger partial charge in [-0.3, -0.25) is 0 Å². The van der Waals surface area contributed by atoms with Gasteiger partial charge in [0.05, 0.1) is 0 Å². The van der Waals surface area contributed by atoms with Crippen molar-refractivity contribution < 1.29 is 14.7 Å². The van der Waals surface area contributed by atoms with E-state index in [1.165, 1.54) is 0 Å². The maximum Gasteiger partial charge on any atom is 0.326 e. The van der Waals surface area contributed by atoms with Crippen molar-refractivity contribution in [3.05, 3.63) is 0 Å². The fourth-order valence-corrected chi connectivity index (χ4v) is 3.22. The molecule has 96 valence electrons. The molecule has 5 heteroatoms. The molecule has 0 aromatic rings. The number of hydrogen-bond donors (Lipinski definition) is 2. The lowest BCUT2D eigenvalue weighted by Gasteiger charge is -2.32. The second-order valence-electron chi connectivity index (χ2n) is 4.94. The van der Waals surface area contributed by atoms with E-state index in [-0.39, 0.29) is 12.1 Å². The van der Waals surface area contributed by atoms with E-state index in [4.69, 9.17) is 0 Å². The lowest BCUT2D eigenvalue weighted by atomic mass is 9.85. The molecule has 0 bridgehead atoms. The Morgan fingerprint density at radius 2 is 2.06 bits per heavy atom. The molecule has 0 radical (unpaired) electrons. The summed E-state index contributed by atoms with van der Waals surface area (Å²) in [4.78, 5) is 24.8. The van der Waals surface area contributed by atoms with E-state index in [0.717, 1.165) is 25.7 Å². The van der Waals surface area contributed by atoms with Crippen LogP contribution in [0.3, 0.4) is 0 Å².